The molecule has 0 saturated carbocycles. The highest BCUT2D eigenvalue weighted by Crippen LogP contribution is 2.18. The lowest BCUT2D eigenvalue weighted by Gasteiger charge is -2.13. The zero-order valence-electron chi connectivity index (χ0n) is 21.1. The Labute approximate surface area is 193 Å². The highest BCUT2D eigenvalue weighted by molar-refractivity contribution is 5.72. The Bertz CT molecular complexity index is 408. The van der Waals surface area contributed by atoms with Gasteiger partial charge in [-0.05, 0) is 32.1 Å². The van der Waals surface area contributed by atoms with E-state index in [9.17, 15) is 9.59 Å². The van der Waals surface area contributed by atoms with Crippen molar-refractivity contribution in [2.24, 2.45) is 5.92 Å². The first-order valence-corrected chi connectivity index (χ1v) is 13.5. The van der Waals surface area contributed by atoms with Crippen LogP contribution in [-0.2, 0) is 19.1 Å². The van der Waals surface area contributed by atoms with Gasteiger partial charge >= 0.3 is 11.9 Å². The largest absolute Gasteiger partial charge is 0.466 e. The molecule has 1 atom stereocenters. The smallest absolute Gasteiger partial charge is 0.308 e. The highest BCUT2D eigenvalue weighted by atomic mass is 16.5. The molecule has 0 heterocycles. The average molecular weight is 441 g/mol. The van der Waals surface area contributed by atoms with E-state index in [2.05, 4.69) is 6.92 Å². The van der Waals surface area contributed by atoms with Crippen molar-refractivity contribution in [3.63, 3.8) is 0 Å². The molecule has 184 valence electrons. The number of esters is 2. The van der Waals surface area contributed by atoms with Crippen LogP contribution in [0.15, 0.2) is 0 Å². The maximum atomic E-state index is 11.9. The van der Waals surface area contributed by atoms with Gasteiger partial charge in [-0.25, -0.2) is 0 Å². The van der Waals surface area contributed by atoms with Gasteiger partial charge in [0.1, 0.15) is 0 Å². The molecule has 4 heteroatoms. The quantitative estimate of drug-likeness (QED) is 0.119. The summed E-state index contributed by atoms with van der Waals surface area (Å²) in [5.41, 5.74) is 0. The van der Waals surface area contributed by atoms with Crippen LogP contribution >= 0.6 is 0 Å². The summed E-state index contributed by atoms with van der Waals surface area (Å²) >= 11 is 0. The lowest BCUT2D eigenvalue weighted by atomic mass is 9.97. The average Bonchev–Trinajstić information content (AvgIpc) is 2.78. The third kappa shape index (κ3) is 20.6. The molecular formula is C27H52O4. The number of hydrogen-bond donors (Lipinski definition) is 0. The van der Waals surface area contributed by atoms with Crippen molar-refractivity contribution >= 4 is 11.9 Å². The number of unbranched alkanes of at least 4 members (excludes halogenated alkanes) is 13. The van der Waals surface area contributed by atoms with Crippen molar-refractivity contribution in [3.8, 4) is 0 Å². The first kappa shape index (κ1) is 29.9. The lowest BCUT2D eigenvalue weighted by Crippen LogP contribution is -2.17. The Morgan fingerprint density at radius 1 is 0.581 bits per heavy atom. The van der Waals surface area contributed by atoms with Crippen molar-refractivity contribution in [2.45, 2.75) is 143 Å². The summed E-state index contributed by atoms with van der Waals surface area (Å²) in [4.78, 5) is 23.3. The molecule has 0 aliphatic rings. The van der Waals surface area contributed by atoms with Gasteiger partial charge in [0.15, 0.2) is 0 Å². The molecule has 0 radical (unpaired) electrons. The Morgan fingerprint density at radius 2 is 1.00 bits per heavy atom. The summed E-state index contributed by atoms with van der Waals surface area (Å²) in [7, 11) is 0. The van der Waals surface area contributed by atoms with Gasteiger partial charge in [-0.15, -0.1) is 0 Å². The van der Waals surface area contributed by atoms with Crippen molar-refractivity contribution in [3.05, 3.63) is 0 Å². The van der Waals surface area contributed by atoms with E-state index in [0.29, 0.717) is 19.6 Å². The topological polar surface area (TPSA) is 52.6 Å². The summed E-state index contributed by atoms with van der Waals surface area (Å²) in [6, 6.07) is 0. The zero-order chi connectivity index (χ0) is 23.0. The summed E-state index contributed by atoms with van der Waals surface area (Å²) in [5.74, 6) is 0.0874. The maximum Gasteiger partial charge on any atom is 0.308 e. The van der Waals surface area contributed by atoms with Gasteiger partial charge in [-0.3, -0.25) is 9.59 Å². The fraction of sp³-hybridized carbons (Fsp3) is 0.926. The van der Waals surface area contributed by atoms with E-state index in [1.807, 2.05) is 13.8 Å². The molecule has 0 aliphatic heterocycles. The predicted molar refractivity (Wildman–Crippen MR) is 130 cm³/mol. The summed E-state index contributed by atoms with van der Waals surface area (Å²) in [6.45, 7) is 7.27. The SMILES string of the molecule is CCCOC(=O)CCCCCCCCCCCCCCCCC(CC)C(=O)OCCC. The number of ether oxygens (including phenoxy) is 2. The van der Waals surface area contributed by atoms with E-state index >= 15 is 0 Å². The second kappa shape index (κ2) is 23.6. The van der Waals surface area contributed by atoms with Crippen LogP contribution in [-0.4, -0.2) is 25.2 Å². The molecule has 0 amide bonds. The van der Waals surface area contributed by atoms with E-state index in [1.165, 1.54) is 70.6 Å². The molecule has 0 saturated heterocycles. The van der Waals surface area contributed by atoms with Crippen molar-refractivity contribution in [1.82, 2.24) is 0 Å². The molecule has 0 rings (SSSR count). The van der Waals surface area contributed by atoms with E-state index in [4.69, 9.17) is 9.47 Å². The Hall–Kier alpha value is -1.06. The minimum Gasteiger partial charge on any atom is -0.466 e. The van der Waals surface area contributed by atoms with Gasteiger partial charge < -0.3 is 9.47 Å². The van der Waals surface area contributed by atoms with Gasteiger partial charge in [0.05, 0.1) is 19.1 Å². The van der Waals surface area contributed by atoms with Crippen LogP contribution in [0.3, 0.4) is 0 Å². The molecule has 1 unspecified atom stereocenters. The molecule has 0 aromatic heterocycles. The Kier molecular flexibility index (Phi) is 22.8. The first-order valence-electron chi connectivity index (χ1n) is 13.5. The normalized spacial score (nSPS) is 12.0. The van der Waals surface area contributed by atoms with Crippen LogP contribution in [0.2, 0.25) is 0 Å². The van der Waals surface area contributed by atoms with E-state index in [1.54, 1.807) is 0 Å². The second-order valence-electron chi connectivity index (χ2n) is 8.98. The van der Waals surface area contributed by atoms with Crippen LogP contribution < -0.4 is 0 Å². The maximum absolute atomic E-state index is 11.9. The van der Waals surface area contributed by atoms with E-state index in [-0.39, 0.29) is 17.9 Å². The minimum absolute atomic E-state index is 0.0106. The van der Waals surface area contributed by atoms with E-state index < -0.39 is 0 Å². The highest BCUT2D eigenvalue weighted by Gasteiger charge is 2.16. The fourth-order valence-electron chi connectivity index (χ4n) is 3.88. The third-order valence-electron chi connectivity index (χ3n) is 5.93. The van der Waals surface area contributed by atoms with Gasteiger partial charge in [0, 0.05) is 6.42 Å². The lowest BCUT2D eigenvalue weighted by molar-refractivity contribution is -0.149. The molecule has 4 nitrogen and oxygen atoms in total. The van der Waals surface area contributed by atoms with Crippen LogP contribution in [0, 0.1) is 5.92 Å². The zero-order valence-corrected chi connectivity index (χ0v) is 21.1. The number of carbonyl (C=O) groups excluding carboxylic acids is 2. The van der Waals surface area contributed by atoms with Gasteiger partial charge in [-0.2, -0.15) is 0 Å². The number of rotatable bonds is 23. The monoisotopic (exact) mass is 440 g/mol. The summed E-state index contributed by atoms with van der Waals surface area (Å²) < 4.78 is 10.4. The van der Waals surface area contributed by atoms with Crippen LogP contribution in [0.1, 0.15) is 143 Å². The van der Waals surface area contributed by atoms with Gasteiger partial charge in [0.25, 0.3) is 0 Å². The summed E-state index contributed by atoms with van der Waals surface area (Å²) in [6.07, 6.45) is 22.1. The van der Waals surface area contributed by atoms with E-state index in [0.717, 1.165) is 44.9 Å². The Morgan fingerprint density at radius 3 is 1.45 bits per heavy atom. The van der Waals surface area contributed by atoms with Crippen LogP contribution in [0.25, 0.3) is 0 Å². The van der Waals surface area contributed by atoms with Crippen molar-refractivity contribution in [1.29, 1.82) is 0 Å². The molecule has 0 bridgehead atoms. The molecule has 0 fully saturated rings. The molecule has 0 aromatic rings. The molecule has 31 heavy (non-hydrogen) atoms. The fourth-order valence-corrected chi connectivity index (χ4v) is 3.88. The summed E-state index contributed by atoms with van der Waals surface area (Å²) in [5, 5.41) is 0. The molecular weight excluding hydrogens is 388 g/mol. The van der Waals surface area contributed by atoms with Gasteiger partial charge in [0.2, 0.25) is 0 Å². The van der Waals surface area contributed by atoms with Crippen LogP contribution in [0.5, 0.6) is 0 Å². The number of hydrogen-bond acceptors (Lipinski definition) is 4. The number of carbonyl (C=O) groups is 2. The van der Waals surface area contributed by atoms with Crippen molar-refractivity contribution < 1.29 is 19.1 Å². The molecule has 0 aliphatic carbocycles. The van der Waals surface area contributed by atoms with Gasteiger partial charge in [-0.1, -0.05) is 104 Å². The third-order valence-corrected chi connectivity index (χ3v) is 5.93. The second-order valence-corrected chi connectivity index (χ2v) is 8.98. The molecule has 0 aromatic carbocycles. The van der Waals surface area contributed by atoms with Crippen LogP contribution in [0.4, 0.5) is 0 Å². The molecule has 0 spiro atoms. The molecule has 0 N–H and O–H groups in total. The standard InChI is InChI=1S/C27H52O4/c1-4-23-30-26(28)22-20-18-16-14-12-10-8-7-9-11-13-15-17-19-21-25(6-3)27(29)31-24-5-2/h25H,4-24H2,1-3H3. The van der Waals surface area contributed by atoms with Crippen molar-refractivity contribution in [2.75, 3.05) is 13.2 Å². The Balaban J connectivity index is 3.29. The first-order chi connectivity index (χ1) is 15.2. The minimum atomic E-state index is -0.0286. The predicted octanol–water partition coefficient (Wildman–Crippen LogP) is 8.16.